The Balaban J connectivity index is 1.36. The minimum Gasteiger partial charge on any atom is -0.376 e. The number of aromatic amines is 2. The molecule has 1 aromatic carbocycles. The summed E-state index contributed by atoms with van der Waals surface area (Å²) in [4.78, 5) is 68.0. The standard InChI is InChI=1S/C30H34FN7O5/c1-3-13-38-27-26(28(40)35-30(38)42)33-23(34-27)17-22(43-2)20-9-12-24(32-18-20)37(16-5-15-36-14-4-6-25(36)39)29(41)19-7-10-21(31)11-8-19/h7-12,18,22H,3-6,13-17H2,1-2H3,(H,33,34)(H,35,40,42)/t22-/m0/s1. The minimum absolute atomic E-state index is 0.118. The number of methoxy groups -OCH3 is 1. The molecule has 2 amide bonds. The van der Waals surface area contributed by atoms with Gasteiger partial charge in [0.05, 0.1) is 6.10 Å². The lowest BCUT2D eigenvalue weighted by atomic mass is 10.1. The summed E-state index contributed by atoms with van der Waals surface area (Å²) in [6, 6.07) is 8.85. The summed E-state index contributed by atoms with van der Waals surface area (Å²) in [7, 11) is 1.55. The van der Waals surface area contributed by atoms with E-state index < -0.39 is 23.2 Å². The highest BCUT2D eigenvalue weighted by Gasteiger charge is 2.24. The van der Waals surface area contributed by atoms with Crippen molar-refractivity contribution in [2.75, 3.05) is 31.6 Å². The van der Waals surface area contributed by atoms with Gasteiger partial charge < -0.3 is 14.6 Å². The van der Waals surface area contributed by atoms with Crippen LogP contribution in [0.3, 0.4) is 0 Å². The fraction of sp³-hybridized carbons (Fsp3) is 0.400. The second kappa shape index (κ2) is 13.1. The Morgan fingerprint density at radius 2 is 1.91 bits per heavy atom. The number of aromatic nitrogens is 5. The summed E-state index contributed by atoms with van der Waals surface area (Å²) in [5, 5.41) is 0. The van der Waals surface area contributed by atoms with Crippen LogP contribution in [0.15, 0.2) is 52.2 Å². The molecule has 0 saturated carbocycles. The molecule has 1 saturated heterocycles. The molecule has 0 radical (unpaired) electrons. The van der Waals surface area contributed by atoms with E-state index in [1.807, 2.05) is 6.92 Å². The normalized spacial score (nSPS) is 14.0. The van der Waals surface area contributed by atoms with E-state index in [-0.39, 0.29) is 23.8 Å². The Hall–Kier alpha value is -4.65. The van der Waals surface area contributed by atoms with E-state index in [2.05, 4.69) is 19.9 Å². The fourth-order valence-electron chi connectivity index (χ4n) is 5.31. The number of likely N-dealkylation sites (tertiary alicyclic amines) is 1. The first-order chi connectivity index (χ1) is 20.8. The number of carbonyl (C=O) groups excluding carboxylic acids is 2. The lowest BCUT2D eigenvalue weighted by Crippen LogP contribution is -2.35. The van der Waals surface area contributed by atoms with Crippen molar-refractivity contribution in [1.29, 1.82) is 0 Å². The molecule has 0 aliphatic carbocycles. The summed E-state index contributed by atoms with van der Waals surface area (Å²) in [6.07, 6.45) is 4.02. The lowest BCUT2D eigenvalue weighted by Gasteiger charge is -2.24. The number of nitrogens with zero attached hydrogens (tertiary/aromatic N) is 5. The number of hydrogen-bond acceptors (Lipinski definition) is 7. The van der Waals surface area contributed by atoms with Crippen LogP contribution >= 0.6 is 0 Å². The van der Waals surface area contributed by atoms with Crippen molar-refractivity contribution >= 4 is 28.8 Å². The number of benzene rings is 1. The fourth-order valence-corrected chi connectivity index (χ4v) is 5.31. The molecule has 12 nitrogen and oxygen atoms in total. The predicted octanol–water partition coefficient (Wildman–Crippen LogP) is 2.95. The zero-order valence-electron chi connectivity index (χ0n) is 24.1. The Labute approximate surface area is 246 Å². The largest absolute Gasteiger partial charge is 0.376 e. The number of carbonyl (C=O) groups is 2. The summed E-state index contributed by atoms with van der Waals surface area (Å²) in [5.74, 6) is 0.219. The zero-order chi connectivity index (χ0) is 30.5. The molecule has 13 heteroatoms. The molecule has 0 unspecified atom stereocenters. The first kappa shape index (κ1) is 29.8. The van der Waals surface area contributed by atoms with Crippen LogP contribution in [-0.2, 0) is 22.5 Å². The van der Waals surface area contributed by atoms with Gasteiger partial charge in [0.15, 0.2) is 5.65 Å². The van der Waals surface area contributed by atoms with E-state index in [1.54, 1.807) is 30.3 Å². The first-order valence-corrected chi connectivity index (χ1v) is 14.3. The van der Waals surface area contributed by atoms with Crippen molar-refractivity contribution in [3.05, 3.63) is 86.2 Å². The quantitative estimate of drug-likeness (QED) is 0.258. The van der Waals surface area contributed by atoms with Crippen LogP contribution in [0.4, 0.5) is 10.2 Å². The molecule has 226 valence electrons. The number of pyridine rings is 1. The number of ether oxygens (including phenoxy) is 1. The van der Waals surface area contributed by atoms with E-state index in [1.165, 1.54) is 33.7 Å². The molecule has 3 aromatic heterocycles. The van der Waals surface area contributed by atoms with E-state index in [4.69, 9.17) is 4.74 Å². The Kier molecular flexibility index (Phi) is 9.10. The lowest BCUT2D eigenvalue weighted by molar-refractivity contribution is -0.127. The first-order valence-electron chi connectivity index (χ1n) is 14.3. The highest BCUT2D eigenvalue weighted by Crippen LogP contribution is 2.24. The van der Waals surface area contributed by atoms with Crippen LogP contribution in [-0.4, -0.2) is 68.0 Å². The van der Waals surface area contributed by atoms with Crippen LogP contribution in [0.5, 0.6) is 0 Å². The van der Waals surface area contributed by atoms with E-state index in [9.17, 15) is 23.6 Å². The molecule has 1 atom stereocenters. The van der Waals surface area contributed by atoms with Crippen LogP contribution < -0.4 is 16.1 Å². The van der Waals surface area contributed by atoms with Gasteiger partial charge in [0.1, 0.15) is 23.0 Å². The predicted molar refractivity (Wildman–Crippen MR) is 157 cm³/mol. The number of halogens is 1. The molecule has 5 rings (SSSR count). The van der Waals surface area contributed by atoms with Crippen molar-refractivity contribution in [2.45, 2.75) is 51.7 Å². The Bertz CT molecular complexity index is 1710. The van der Waals surface area contributed by atoms with E-state index in [0.717, 1.165) is 6.42 Å². The topological polar surface area (TPSA) is 146 Å². The van der Waals surface area contributed by atoms with Gasteiger partial charge in [0, 0.05) is 57.9 Å². The van der Waals surface area contributed by atoms with Gasteiger partial charge >= 0.3 is 5.69 Å². The smallest absolute Gasteiger partial charge is 0.330 e. The third-order valence-corrected chi connectivity index (χ3v) is 7.53. The maximum absolute atomic E-state index is 13.5. The van der Waals surface area contributed by atoms with Gasteiger partial charge in [-0.1, -0.05) is 13.0 Å². The number of rotatable bonds is 12. The third-order valence-electron chi connectivity index (χ3n) is 7.53. The second-order valence-electron chi connectivity index (χ2n) is 10.5. The molecule has 43 heavy (non-hydrogen) atoms. The molecule has 1 aliphatic heterocycles. The van der Waals surface area contributed by atoms with Gasteiger partial charge in [0.25, 0.3) is 11.5 Å². The number of hydrogen-bond donors (Lipinski definition) is 2. The van der Waals surface area contributed by atoms with Gasteiger partial charge in [-0.05, 0) is 55.2 Å². The number of fused-ring (bicyclic) bond motifs is 1. The maximum atomic E-state index is 13.5. The number of amides is 2. The van der Waals surface area contributed by atoms with Crippen LogP contribution in [0, 0.1) is 5.82 Å². The summed E-state index contributed by atoms with van der Waals surface area (Å²) in [6.45, 7) is 3.90. The minimum atomic E-state index is -0.536. The molecule has 1 fully saturated rings. The molecule has 4 aromatic rings. The van der Waals surface area contributed by atoms with Crippen LogP contribution in [0.25, 0.3) is 11.2 Å². The monoisotopic (exact) mass is 591 g/mol. The Morgan fingerprint density at radius 1 is 1.12 bits per heavy atom. The van der Waals surface area contributed by atoms with Gasteiger partial charge in [-0.2, -0.15) is 0 Å². The summed E-state index contributed by atoms with van der Waals surface area (Å²) >= 11 is 0. The van der Waals surface area contributed by atoms with Crippen molar-refractivity contribution in [1.82, 2.24) is 29.4 Å². The SMILES string of the molecule is CCCn1c(=O)[nH]c(=O)c2[nH]c(C[C@H](OC)c3ccc(N(CCCN4CCCC4=O)C(=O)c4ccc(F)cc4)nc3)nc21. The zero-order valence-corrected chi connectivity index (χ0v) is 24.1. The van der Waals surface area contributed by atoms with Crippen LogP contribution in [0.1, 0.15) is 60.5 Å². The molecule has 0 bridgehead atoms. The number of aryl methyl sites for hydroxylation is 1. The summed E-state index contributed by atoms with van der Waals surface area (Å²) < 4.78 is 20.7. The Morgan fingerprint density at radius 3 is 2.56 bits per heavy atom. The maximum Gasteiger partial charge on any atom is 0.330 e. The van der Waals surface area contributed by atoms with Crippen molar-refractivity contribution in [3.8, 4) is 0 Å². The van der Waals surface area contributed by atoms with Gasteiger partial charge in [-0.15, -0.1) is 0 Å². The molecule has 2 N–H and O–H groups in total. The van der Waals surface area contributed by atoms with E-state index >= 15 is 0 Å². The van der Waals surface area contributed by atoms with Crippen molar-refractivity contribution < 1.29 is 18.7 Å². The third kappa shape index (κ3) is 6.56. The molecule has 0 spiro atoms. The van der Waals surface area contributed by atoms with Gasteiger partial charge in [0.2, 0.25) is 5.91 Å². The summed E-state index contributed by atoms with van der Waals surface area (Å²) in [5.41, 5.74) is 0.499. The highest BCUT2D eigenvalue weighted by atomic mass is 19.1. The number of imidazole rings is 1. The van der Waals surface area contributed by atoms with Crippen LogP contribution in [0.2, 0.25) is 0 Å². The average Bonchev–Trinajstić information content (AvgIpc) is 3.62. The van der Waals surface area contributed by atoms with Crippen molar-refractivity contribution in [2.24, 2.45) is 0 Å². The highest BCUT2D eigenvalue weighted by molar-refractivity contribution is 6.05. The van der Waals surface area contributed by atoms with Gasteiger partial charge in [-0.25, -0.2) is 19.2 Å². The van der Waals surface area contributed by atoms with Gasteiger partial charge in [-0.3, -0.25) is 28.8 Å². The molecular formula is C30H34FN7O5. The molecule has 4 heterocycles. The molecular weight excluding hydrogens is 557 g/mol. The number of nitrogens with one attached hydrogen (secondary N) is 2. The molecule has 1 aliphatic rings. The number of H-pyrrole nitrogens is 2. The second-order valence-corrected chi connectivity index (χ2v) is 10.5. The van der Waals surface area contributed by atoms with Crippen molar-refractivity contribution in [3.63, 3.8) is 0 Å². The number of anilines is 1. The van der Waals surface area contributed by atoms with E-state index in [0.29, 0.717) is 73.9 Å². The average molecular weight is 592 g/mol.